The van der Waals surface area contributed by atoms with Crippen LogP contribution in [0.5, 0.6) is 0 Å². The molecule has 1 heterocycles. The lowest BCUT2D eigenvalue weighted by molar-refractivity contribution is -0.145. The lowest BCUT2D eigenvalue weighted by atomic mass is 10.0. The van der Waals surface area contributed by atoms with Crippen LogP contribution in [-0.4, -0.2) is 18.2 Å². The third-order valence-corrected chi connectivity index (χ3v) is 5.70. The maximum Gasteiger partial charge on any atom is 0.306 e. The Morgan fingerprint density at radius 3 is 1.96 bits per heavy atom. The van der Waals surface area contributed by atoms with E-state index >= 15 is 0 Å². The van der Waals surface area contributed by atoms with Gasteiger partial charge in [-0.1, -0.05) is 101 Å². The largest absolute Gasteiger partial charge is 0.461 e. The van der Waals surface area contributed by atoms with Gasteiger partial charge in [-0.15, -0.1) is 0 Å². The van der Waals surface area contributed by atoms with Crippen molar-refractivity contribution in [3.63, 3.8) is 0 Å². The number of esters is 1. The normalized spacial score (nSPS) is 18.2. The zero-order valence-corrected chi connectivity index (χ0v) is 17.9. The van der Waals surface area contributed by atoms with Crippen LogP contribution < -0.4 is 0 Å². The van der Waals surface area contributed by atoms with Gasteiger partial charge in [0.05, 0.1) is 12.2 Å². The van der Waals surface area contributed by atoms with Crippen LogP contribution in [0.2, 0.25) is 0 Å². The molecule has 1 aliphatic rings. The number of carbonyl (C=O) groups excluding carboxylic acids is 1. The molecule has 1 fully saturated rings. The summed E-state index contributed by atoms with van der Waals surface area (Å²) in [4.78, 5) is 11.7. The lowest BCUT2D eigenvalue weighted by Gasteiger charge is -2.05. The maximum absolute atomic E-state index is 11.7. The van der Waals surface area contributed by atoms with E-state index in [-0.39, 0.29) is 5.97 Å². The second kappa shape index (κ2) is 14.6. The van der Waals surface area contributed by atoms with Crippen LogP contribution in [0.3, 0.4) is 0 Å². The van der Waals surface area contributed by atoms with Crippen molar-refractivity contribution >= 4 is 5.97 Å². The molecule has 3 heteroatoms. The van der Waals surface area contributed by atoms with E-state index in [1.54, 1.807) is 0 Å². The molecule has 0 saturated carbocycles. The second-order valence-corrected chi connectivity index (χ2v) is 8.20. The minimum absolute atomic E-state index is 0.0673. The maximum atomic E-state index is 11.7. The van der Waals surface area contributed by atoms with Crippen molar-refractivity contribution in [3.8, 4) is 0 Å². The molecule has 1 aliphatic heterocycles. The SMILES string of the molecule is CCC1OC1CCCCCCCCCCCCCC(=O)OCc1ccccc1. The summed E-state index contributed by atoms with van der Waals surface area (Å²) in [5.74, 6) is -0.0673. The van der Waals surface area contributed by atoms with Gasteiger partial charge in [-0.25, -0.2) is 0 Å². The third kappa shape index (κ3) is 10.8. The average molecular weight is 389 g/mol. The summed E-state index contributed by atoms with van der Waals surface area (Å²) in [5.41, 5.74) is 1.05. The fourth-order valence-corrected chi connectivity index (χ4v) is 3.81. The van der Waals surface area contributed by atoms with Crippen molar-refractivity contribution in [1.29, 1.82) is 0 Å². The molecule has 0 radical (unpaired) electrons. The molecule has 0 amide bonds. The highest BCUT2D eigenvalue weighted by Gasteiger charge is 2.35. The van der Waals surface area contributed by atoms with Gasteiger partial charge in [-0.05, 0) is 24.8 Å². The van der Waals surface area contributed by atoms with Gasteiger partial charge in [0.15, 0.2) is 0 Å². The fourth-order valence-electron chi connectivity index (χ4n) is 3.81. The van der Waals surface area contributed by atoms with E-state index in [2.05, 4.69) is 6.92 Å². The molecule has 2 atom stereocenters. The number of epoxide rings is 1. The molecule has 1 aromatic rings. The van der Waals surface area contributed by atoms with E-state index in [1.165, 1.54) is 70.6 Å². The predicted molar refractivity (Wildman–Crippen MR) is 115 cm³/mol. The Balaban J connectivity index is 1.27. The van der Waals surface area contributed by atoms with Gasteiger partial charge in [0, 0.05) is 6.42 Å². The van der Waals surface area contributed by atoms with Crippen LogP contribution in [0.1, 0.15) is 102 Å². The molecule has 3 nitrogen and oxygen atoms in total. The highest BCUT2D eigenvalue weighted by molar-refractivity contribution is 5.69. The molecule has 158 valence electrons. The molecule has 1 saturated heterocycles. The summed E-state index contributed by atoms with van der Waals surface area (Å²) in [6.45, 7) is 2.61. The molecular formula is C25H40O3. The van der Waals surface area contributed by atoms with E-state index in [0.717, 1.165) is 18.4 Å². The van der Waals surface area contributed by atoms with Crippen molar-refractivity contribution in [1.82, 2.24) is 0 Å². The molecule has 2 unspecified atom stereocenters. The smallest absolute Gasteiger partial charge is 0.306 e. The minimum atomic E-state index is -0.0673. The van der Waals surface area contributed by atoms with Gasteiger partial charge in [-0.2, -0.15) is 0 Å². The molecule has 1 aromatic carbocycles. The second-order valence-electron chi connectivity index (χ2n) is 8.20. The van der Waals surface area contributed by atoms with Crippen LogP contribution in [0.4, 0.5) is 0 Å². The van der Waals surface area contributed by atoms with E-state index in [4.69, 9.17) is 9.47 Å². The Kier molecular flexibility index (Phi) is 12.0. The third-order valence-electron chi connectivity index (χ3n) is 5.70. The first-order valence-corrected chi connectivity index (χ1v) is 11.6. The van der Waals surface area contributed by atoms with Crippen LogP contribution in [0, 0.1) is 0 Å². The van der Waals surface area contributed by atoms with Crippen molar-refractivity contribution in [2.45, 2.75) is 116 Å². The van der Waals surface area contributed by atoms with Gasteiger partial charge in [0.25, 0.3) is 0 Å². The molecule has 0 aromatic heterocycles. The summed E-state index contributed by atoms with van der Waals surface area (Å²) in [7, 11) is 0. The summed E-state index contributed by atoms with van der Waals surface area (Å²) in [6.07, 6.45) is 18.4. The summed E-state index contributed by atoms with van der Waals surface area (Å²) < 4.78 is 10.9. The zero-order chi connectivity index (χ0) is 19.9. The van der Waals surface area contributed by atoms with Gasteiger partial charge in [0.2, 0.25) is 0 Å². The molecule has 28 heavy (non-hydrogen) atoms. The van der Waals surface area contributed by atoms with E-state index in [0.29, 0.717) is 25.2 Å². The quantitative estimate of drug-likeness (QED) is 0.164. The standard InChI is InChI=1S/C25H40O3/c1-2-23-24(28-23)19-15-10-8-6-4-3-5-7-9-11-16-20-25(26)27-21-22-17-13-12-14-18-22/h12-14,17-18,23-24H,2-11,15-16,19-21H2,1H3. The predicted octanol–water partition coefficient (Wildman–Crippen LogP) is 6.98. The summed E-state index contributed by atoms with van der Waals surface area (Å²) >= 11 is 0. The number of unbranched alkanes of at least 4 members (excludes halogenated alkanes) is 10. The van der Waals surface area contributed by atoms with E-state index < -0.39 is 0 Å². The number of rotatable bonds is 17. The van der Waals surface area contributed by atoms with Gasteiger partial charge >= 0.3 is 5.97 Å². The van der Waals surface area contributed by atoms with Crippen LogP contribution in [0.25, 0.3) is 0 Å². The number of ether oxygens (including phenoxy) is 2. The highest BCUT2D eigenvalue weighted by atomic mass is 16.6. The Morgan fingerprint density at radius 1 is 0.821 bits per heavy atom. The van der Waals surface area contributed by atoms with Crippen molar-refractivity contribution in [2.75, 3.05) is 0 Å². The van der Waals surface area contributed by atoms with Crippen molar-refractivity contribution < 1.29 is 14.3 Å². The lowest BCUT2D eigenvalue weighted by Crippen LogP contribution is -2.04. The summed E-state index contributed by atoms with van der Waals surface area (Å²) in [5, 5.41) is 0. The fraction of sp³-hybridized carbons (Fsp3) is 0.720. The first-order chi connectivity index (χ1) is 13.8. The topological polar surface area (TPSA) is 38.8 Å². The van der Waals surface area contributed by atoms with Gasteiger partial charge in [-0.3, -0.25) is 4.79 Å². The average Bonchev–Trinajstić information content (AvgIpc) is 3.49. The Hall–Kier alpha value is -1.35. The van der Waals surface area contributed by atoms with Crippen molar-refractivity contribution in [2.24, 2.45) is 0 Å². The van der Waals surface area contributed by atoms with Crippen LogP contribution in [0.15, 0.2) is 30.3 Å². The monoisotopic (exact) mass is 388 g/mol. The van der Waals surface area contributed by atoms with Crippen LogP contribution in [-0.2, 0) is 20.9 Å². The molecule has 0 spiro atoms. The Bertz CT molecular complexity index is 514. The molecule has 0 bridgehead atoms. The highest BCUT2D eigenvalue weighted by Crippen LogP contribution is 2.29. The van der Waals surface area contributed by atoms with Gasteiger partial charge in [0.1, 0.15) is 6.61 Å². The Labute approximate surface area is 172 Å². The van der Waals surface area contributed by atoms with Crippen LogP contribution >= 0.6 is 0 Å². The Morgan fingerprint density at radius 2 is 1.39 bits per heavy atom. The number of benzene rings is 1. The number of hydrogen-bond acceptors (Lipinski definition) is 3. The molecular weight excluding hydrogens is 348 g/mol. The van der Waals surface area contributed by atoms with Crippen molar-refractivity contribution in [3.05, 3.63) is 35.9 Å². The molecule has 0 aliphatic carbocycles. The van der Waals surface area contributed by atoms with E-state index in [9.17, 15) is 4.79 Å². The molecule has 0 N–H and O–H groups in total. The number of hydrogen-bond donors (Lipinski definition) is 0. The minimum Gasteiger partial charge on any atom is -0.461 e. The first kappa shape index (κ1) is 22.9. The van der Waals surface area contributed by atoms with Gasteiger partial charge < -0.3 is 9.47 Å². The molecule has 2 rings (SSSR count). The first-order valence-electron chi connectivity index (χ1n) is 11.6. The van der Waals surface area contributed by atoms with E-state index in [1.807, 2.05) is 30.3 Å². The number of carbonyl (C=O) groups is 1. The summed E-state index contributed by atoms with van der Waals surface area (Å²) in [6, 6.07) is 9.87. The zero-order valence-electron chi connectivity index (χ0n) is 17.9.